The predicted molar refractivity (Wildman–Crippen MR) is 74.3 cm³/mol. The van der Waals surface area contributed by atoms with Crippen LogP contribution in [-0.4, -0.2) is 14.9 Å². The number of halogens is 1. The highest BCUT2D eigenvalue weighted by Gasteiger charge is 2.08. The Hall–Kier alpha value is -2.17. The van der Waals surface area contributed by atoms with Crippen molar-refractivity contribution >= 4 is 5.78 Å². The van der Waals surface area contributed by atoms with Gasteiger partial charge < -0.3 is 0 Å². The number of nitrogens with zero attached hydrogens (tertiary/aromatic N) is 2. The molecule has 0 N–H and O–H groups in total. The molecule has 0 aliphatic carbocycles. The second-order valence-corrected chi connectivity index (χ2v) is 4.65. The number of Topliss-reactive ketones (excluding diaryl/α,β-unsaturated/α-hetero) is 1. The average Bonchev–Trinajstić information content (AvgIpc) is 2.79. The second-order valence-electron chi connectivity index (χ2n) is 4.65. The summed E-state index contributed by atoms with van der Waals surface area (Å²) in [5.41, 5.74) is 0.367. The largest absolute Gasteiger partial charge is 0.328 e. The van der Waals surface area contributed by atoms with E-state index in [0.717, 1.165) is 6.42 Å². The summed E-state index contributed by atoms with van der Waals surface area (Å²) in [7, 11) is 0. The van der Waals surface area contributed by atoms with Gasteiger partial charge in [-0.3, -0.25) is 13.9 Å². The van der Waals surface area contributed by atoms with E-state index in [9.17, 15) is 14.0 Å². The maximum atomic E-state index is 12.8. The van der Waals surface area contributed by atoms with Gasteiger partial charge in [-0.05, 0) is 30.7 Å². The summed E-state index contributed by atoms with van der Waals surface area (Å²) in [5.74, 6) is -0.463. The normalized spacial score (nSPS) is 10.7. The molecule has 4 nitrogen and oxygen atoms in total. The van der Waals surface area contributed by atoms with Crippen molar-refractivity contribution in [3.8, 4) is 0 Å². The number of benzene rings is 1. The van der Waals surface area contributed by atoms with E-state index in [2.05, 4.69) is 0 Å². The van der Waals surface area contributed by atoms with Gasteiger partial charge in [0.15, 0.2) is 5.78 Å². The molecule has 2 aromatic rings. The fourth-order valence-corrected chi connectivity index (χ4v) is 2.04. The molecule has 20 heavy (non-hydrogen) atoms. The molecule has 0 spiro atoms. The fraction of sp³-hybridized carbons (Fsp3) is 0.333. The fourth-order valence-electron chi connectivity index (χ4n) is 2.04. The minimum atomic E-state index is -0.366. The molecule has 0 atom stereocenters. The minimum absolute atomic E-state index is 0.0971. The van der Waals surface area contributed by atoms with Gasteiger partial charge >= 0.3 is 5.69 Å². The number of carbonyl (C=O) groups is 1. The van der Waals surface area contributed by atoms with Crippen LogP contribution in [-0.2, 0) is 13.1 Å². The SMILES string of the molecule is CCCn1ccn(CCC(=O)c2ccc(F)cc2)c1=O. The number of carbonyl (C=O) groups excluding carboxylic acids is 1. The molecule has 0 saturated heterocycles. The van der Waals surface area contributed by atoms with E-state index in [1.54, 1.807) is 17.0 Å². The highest BCUT2D eigenvalue weighted by Crippen LogP contribution is 2.06. The Morgan fingerprint density at radius 3 is 2.30 bits per heavy atom. The molecule has 2 rings (SSSR count). The Labute approximate surface area is 116 Å². The lowest BCUT2D eigenvalue weighted by Gasteiger charge is -2.02. The Morgan fingerprint density at radius 1 is 1.10 bits per heavy atom. The number of aryl methyl sites for hydroxylation is 2. The van der Waals surface area contributed by atoms with E-state index in [1.165, 1.54) is 28.8 Å². The monoisotopic (exact) mass is 276 g/mol. The smallest absolute Gasteiger partial charge is 0.299 e. The van der Waals surface area contributed by atoms with Gasteiger partial charge in [-0.25, -0.2) is 9.18 Å². The maximum absolute atomic E-state index is 12.8. The van der Waals surface area contributed by atoms with Crippen molar-refractivity contribution in [3.63, 3.8) is 0 Å². The number of ketones is 1. The maximum Gasteiger partial charge on any atom is 0.328 e. The van der Waals surface area contributed by atoms with Gasteiger partial charge in [0.1, 0.15) is 5.82 Å². The first kappa shape index (κ1) is 14.2. The number of hydrogen-bond donors (Lipinski definition) is 0. The van der Waals surface area contributed by atoms with Crippen LogP contribution in [0.4, 0.5) is 4.39 Å². The van der Waals surface area contributed by atoms with Gasteiger partial charge in [0, 0.05) is 37.5 Å². The summed E-state index contributed by atoms with van der Waals surface area (Å²) < 4.78 is 15.9. The topological polar surface area (TPSA) is 44.0 Å². The minimum Gasteiger partial charge on any atom is -0.299 e. The molecule has 0 bridgehead atoms. The van der Waals surface area contributed by atoms with Gasteiger partial charge in [-0.1, -0.05) is 6.92 Å². The quantitative estimate of drug-likeness (QED) is 0.761. The van der Waals surface area contributed by atoms with Crippen LogP contribution in [0.3, 0.4) is 0 Å². The highest BCUT2D eigenvalue weighted by molar-refractivity contribution is 5.95. The van der Waals surface area contributed by atoms with Crippen molar-refractivity contribution in [1.82, 2.24) is 9.13 Å². The van der Waals surface area contributed by atoms with Crippen molar-refractivity contribution in [1.29, 1.82) is 0 Å². The third-order valence-corrected chi connectivity index (χ3v) is 3.13. The zero-order chi connectivity index (χ0) is 14.5. The van der Waals surface area contributed by atoms with Crippen molar-refractivity contribution in [2.45, 2.75) is 32.9 Å². The molecule has 0 aliphatic rings. The summed E-state index contributed by atoms with van der Waals surface area (Å²) in [4.78, 5) is 23.8. The van der Waals surface area contributed by atoms with Crippen LogP contribution in [0.25, 0.3) is 0 Å². The van der Waals surface area contributed by atoms with E-state index in [0.29, 0.717) is 18.7 Å². The molecule has 1 heterocycles. The average molecular weight is 276 g/mol. The molecular weight excluding hydrogens is 259 g/mol. The van der Waals surface area contributed by atoms with Gasteiger partial charge in [0.2, 0.25) is 0 Å². The number of rotatable bonds is 6. The third-order valence-electron chi connectivity index (χ3n) is 3.13. The second kappa shape index (κ2) is 6.32. The van der Waals surface area contributed by atoms with E-state index < -0.39 is 0 Å². The van der Waals surface area contributed by atoms with Crippen LogP contribution in [0, 0.1) is 5.82 Å². The summed E-state index contributed by atoms with van der Waals surface area (Å²) in [6.45, 7) is 3.02. The van der Waals surface area contributed by atoms with E-state index in [1.807, 2.05) is 6.92 Å². The first-order valence-corrected chi connectivity index (χ1v) is 6.66. The van der Waals surface area contributed by atoms with Gasteiger partial charge in [-0.2, -0.15) is 0 Å². The Bertz CT molecular complexity index is 641. The van der Waals surface area contributed by atoms with E-state index in [4.69, 9.17) is 0 Å². The van der Waals surface area contributed by atoms with Gasteiger partial charge in [0.25, 0.3) is 0 Å². The molecule has 106 valence electrons. The zero-order valence-corrected chi connectivity index (χ0v) is 11.4. The van der Waals surface area contributed by atoms with Crippen molar-refractivity contribution in [2.24, 2.45) is 0 Å². The lowest BCUT2D eigenvalue weighted by atomic mass is 10.1. The Morgan fingerprint density at radius 2 is 1.70 bits per heavy atom. The molecule has 0 fully saturated rings. The summed E-state index contributed by atoms with van der Waals surface area (Å²) in [6, 6.07) is 5.44. The summed E-state index contributed by atoms with van der Waals surface area (Å²) in [6.07, 6.45) is 4.53. The molecule has 0 saturated carbocycles. The number of imidazole rings is 1. The van der Waals surface area contributed by atoms with Crippen molar-refractivity contribution in [2.75, 3.05) is 0 Å². The van der Waals surface area contributed by atoms with Crippen LogP contribution in [0.15, 0.2) is 41.5 Å². The van der Waals surface area contributed by atoms with E-state index >= 15 is 0 Å². The molecule has 0 amide bonds. The number of aromatic nitrogens is 2. The summed E-state index contributed by atoms with van der Waals surface area (Å²) in [5, 5.41) is 0. The molecule has 0 aliphatic heterocycles. The van der Waals surface area contributed by atoms with Crippen LogP contribution in [0.1, 0.15) is 30.1 Å². The van der Waals surface area contributed by atoms with Gasteiger partial charge in [-0.15, -0.1) is 0 Å². The van der Waals surface area contributed by atoms with Crippen LogP contribution in [0.5, 0.6) is 0 Å². The van der Waals surface area contributed by atoms with E-state index in [-0.39, 0.29) is 23.7 Å². The zero-order valence-electron chi connectivity index (χ0n) is 11.4. The molecule has 0 unspecified atom stereocenters. The molecule has 5 heteroatoms. The lowest BCUT2D eigenvalue weighted by molar-refractivity contribution is 0.0976. The highest BCUT2D eigenvalue weighted by atomic mass is 19.1. The standard InChI is InChI=1S/C15H17FN2O2/c1-2-8-17-10-11-18(15(17)20)9-7-14(19)12-3-5-13(16)6-4-12/h3-6,10-11H,2,7-9H2,1H3. The lowest BCUT2D eigenvalue weighted by Crippen LogP contribution is -2.24. The number of hydrogen-bond acceptors (Lipinski definition) is 2. The third kappa shape index (κ3) is 3.23. The first-order chi connectivity index (χ1) is 9.61. The molecular formula is C15H17FN2O2. The molecule has 0 radical (unpaired) electrons. The first-order valence-electron chi connectivity index (χ1n) is 6.66. The van der Waals surface area contributed by atoms with Gasteiger partial charge in [0.05, 0.1) is 0 Å². The Balaban J connectivity index is 2.00. The van der Waals surface area contributed by atoms with Crippen molar-refractivity contribution < 1.29 is 9.18 Å². The summed E-state index contributed by atoms with van der Waals surface area (Å²) >= 11 is 0. The Kier molecular flexibility index (Phi) is 4.50. The molecule has 1 aromatic heterocycles. The van der Waals surface area contributed by atoms with Crippen LogP contribution >= 0.6 is 0 Å². The van der Waals surface area contributed by atoms with Crippen LogP contribution < -0.4 is 5.69 Å². The molecule has 1 aromatic carbocycles. The van der Waals surface area contributed by atoms with Crippen molar-refractivity contribution in [3.05, 3.63) is 58.5 Å². The predicted octanol–water partition coefficient (Wildman–Crippen LogP) is 2.47. The van der Waals surface area contributed by atoms with Crippen LogP contribution in [0.2, 0.25) is 0 Å².